The molecule has 3 aliphatic rings. The molecule has 0 bridgehead atoms. The lowest BCUT2D eigenvalue weighted by Gasteiger charge is -2.36. The normalized spacial score (nSPS) is 21.9. The molecule has 1 aliphatic carbocycles. The van der Waals surface area contributed by atoms with Crippen molar-refractivity contribution in [2.45, 2.75) is 31.4 Å². The first-order valence-corrected chi connectivity index (χ1v) is 8.70. The zero-order valence-electron chi connectivity index (χ0n) is 15.4. The summed E-state index contributed by atoms with van der Waals surface area (Å²) in [7, 11) is 1.67. The third kappa shape index (κ3) is 4.24. The van der Waals surface area contributed by atoms with Crippen LogP contribution in [-0.2, 0) is 9.53 Å². The highest BCUT2D eigenvalue weighted by molar-refractivity contribution is 6.01. The van der Waals surface area contributed by atoms with Gasteiger partial charge in [0.25, 0.3) is 5.91 Å². The van der Waals surface area contributed by atoms with Crippen molar-refractivity contribution < 1.29 is 28.2 Å². The average Bonchev–Trinajstić information content (AvgIpc) is 2.62. The zero-order chi connectivity index (χ0) is 20.5. The van der Waals surface area contributed by atoms with Gasteiger partial charge in [-0.25, -0.2) is 13.6 Å². The smallest absolute Gasteiger partial charge is 0.405 e. The van der Waals surface area contributed by atoms with Gasteiger partial charge in [-0.3, -0.25) is 4.79 Å². The van der Waals surface area contributed by atoms with Gasteiger partial charge in [-0.05, 0) is 36.3 Å². The maximum absolute atomic E-state index is 13.3. The van der Waals surface area contributed by atoms with E-state index in [0.717, 1.165) is 18.1 Å². The third-order valence-electron chi connectivity index (χ3n) is 4.59. The molecule has 0 fully saturated rings. The lowest BCUT2D eigenvalue weighted by atomic mass is 9.85. The van der Waals surface area contributed by atoms with E-state index in [9.17, 15) is 18.4 Å². The molecule has 0 aromatic carbocycles. The Hall–Kier alpha value is -3.10. The monoisotopic (exact) mass is 393 g/mol. The minimum Gasteiger partial charge on any atom is -0.492 e. The molecular formula is C19H21F2N3O4. The van der Waals surface area contributed by atoms with Crippen molar-refractivity contribution in [3.63, 3.8) is 0 Å². The lowest BCUT2D eigenvalue weighted by molar-refractivity contribution is -0.126. The molecule has 7 nitrogen and oxygen atoms in total. The Balaban J connectivity index is 1.76. The molecule has 2 heterocycles. The molecular weight excluding hydrogens is 372 g/mol. The van der Waals surface area contributed by atoms with Gasteiger partial charge in [-0.2, -0.15) is 0 Å². The molecule has 0 radical (unpaired) electrons. The molecule has 2 amide bonds. The number of hydrogen-bond donors (Lipinski definition) is 3. The molecule has 0 saturated heterocycles. The summed E-state index contributed by atoms with van der Waals surface area (Å²) >= 11 is 0. The summed E-state index contributed by atoms with van der Waals surface area (Å²) in [5.41, 5.74) is 2.29. The van der Waals surface area contributed by atoms with Crippen LogP contribution < -0.4 is 10.6 Å². The van der Waals surface area contributed by atoms with Crippen molar-refractivity contribution in [3.8, 4) is 0 Å². The fourth-order valence-electron chi connectivity index (χ4n) is 3.37. The van der Waals surface area contributed by atoms with Crippen molar-refractivity contribution in [2.24, 2.45) is 0 Å². The van der Waals surface area contributed by atoms with Crippen LogP contribution in [0.4, 0.5) is 13.6 Å². The molecule has 3 rings (SSSR count). The van der Waals surface area contributed by atoms with E-state index < -0.39 is 24.5 Å². The number of halogens is 2. The summed E-state index contributed by atoms with van der Waals surface area (Å²) in [6, 6.07) is -1.43. The number of amides is 2. The first-order chi connectivity index (χ1) is 13.2. The van der Waals surface area contributed by atoms with Gasteiger partial charge in [0, 0.05) is 25.9 Å². The summed E-state index contributed by atoms with van der Waals surface area (Å²) in [6.07, 6.45) is 8.34. The van der Waals surface area contributed by atoms with Crippen LogP contribution in [0, 0.1) is 0 Å². The number of likely N-dealkylation sites (N-methyl/N-ethyl adjacent to an activating group) is 1. The van der Waals surface area contributed by atoms with Gasteiger partial charge in [0.1, 0.15) is 12.4 Å². The number of allylic oxidation sites excluding steroid dienone is 2. The molecule has 2 atom stereocenters. The Morgan fingerprint density at radius 2 is 2.18 bits per heavy atom. The van der Waals surface area contributed by atoms with E-state index in [2.05, 4.69) is 5.32 Å². The molecule has 0 aromatic rings. The molecule has 3 N–H and O–H groups in total. The average molecular weight is 393 g/mol. The number of dihydropyridines is 1. The standard InChI is InChI=1S/C19H21F2N3O4/c1-19(20,21)8-11(23-18(26)27)10-28-12-3-4-14-13-5-6-22-9-15(13)17(25)24(2)16(14)7-12/h3-7,9,11,16,22-23H,8,10H2,1-2H3,(H,26,27). The minimum atomic E-state index is -3.04. The van der Waals surface area contributed by atoms with Crippen LogP contribution in [0.5, 0.6) is 0 Å². The Kier molecular flexibility index (Phi) is 5.26. The minimum absolute atomic E-state index is 0.150. The molecule has 0 spiro atoms. The van der Waals surface area contributed by atoms with E-state index in [1.165, 1.54) is 0 Å². The number of nitrogens with one attached hydrogen (secondary N) is 2. The molecule has 150 valence electrons. The van der Waals surface area contributed by atoms with Gasteiger partial charge in [0.05, 0.1) is 17.7 Å². The number of rotatable bonds is 6. The largest absolute Gasteiger partial charge is 0.492 e. The molecule has 9 heteroatoms. The van der Waals surface area contributed by atoms with Crippen LogP contribution in [0.25, 0.3) is 0 Å². The van der Waals surface area contributed by atoms with Crippen LogP contribution in [0.2, 0.25) is 0 Å². The van der Waals surface area contributed by atoms with E-state index in [-0.39, 0.29) is 18.6 Å². The number of nitrogens with zero attached hydrogens (tertiary/aromatic N) is 1. The van der Waals surface area contributed by atoms with E-state index in [1.54, 1.807) is 36.5 Å². The van der Waals surface area contributed by atoms with Crippen molar-refractivity contribution in [3.05, 3.63) is 59.2 Å². The predicted octanol–water partition coefficient (Wildman–Crippen LogP) is 2.28. The summed E-state index contributed by atoms with van der Waals surface area (Å²) in [6.45, 7) is 0.471. The van der Waals surface area contributed by atoms with Crippen molar-refractivity contribution in [2.75, 3.05) is 13.7 Å². The SMILES string of the molecule is CN1C(=O)C2=CNC=CC2=C2C=CC(OCC(CC(C)(F)F)NC(=O)O)=CC21. The van der Waals surface area contributed by atoms with Crippen LogP contribution in [0.1, 0.15) is 13.3 Å². The maximum Gasteiger partial charge on any atom is 0.405 e. The topological polar surface area (TPSA) is 90.9 Å². The Morgan fingerprint density at radius 1 is 1.43 bits per heavy atom. The zero-order valence-corrected chi connectivity index (χ0v) is 15.4. The van der Waals surface area contributed by atoms with Crippen molar-refractivity contribution >= 4 is 12.0 Å². The van der Waals surface area contributed by atoms with Crippen LogP contribution >= 0.6 is 0 Å². The molecule has 0 aromatic heterocycles. The van der Waals surface area contributed by atoms with Crippen LogP contribution in [0.15, 0.2) is 59.2 Å². The first kappa shape index (κ1) is 19.7. The number of fused-ring (bicyclic) bond motifs is 2. The van der Waals surface area contributed by atoms with E-state index >= 15 is 0 Å². The lowest BCUT2D eigenvalue weighted by Crippen LogP contribution is -2.44. The molecule has 2 unspecified atom stereocenters. The van der Waals surface area contributed by atoms with E-state index in [4.69, 9.17) is 9.84 Å². The van der Waals surface area contributed by atoms with Crippen LogP contribution in [-0.4, -0.2) is 53.7 Å². The summed E-state index contributed by atoms with van der Waals surface area (Å²) in [5.74, 6) is -2.80. The van der Waals surface area contributed by atoms with E-state index in [1.807, 2.05) is 17.5 Å². The molecule has 28 heavy (non-hydrogen) atoms. The second-order valence-electron chi connectivity index (χ2n) is 6.92. The number of carbonyl (C=O) groups excluding carboxylic acids is 1. The van der Waals surface area contributed by atoms with Crippen molar-refractivity contribution in [1.29, 1.82) is 0 Å². The molecule has 2 aliphatic heterocycles. The van der Waals surface area contributed by atoms with Crippen molar-refractivity contribution in [1.82, 2.24) is 15.5 Å². The highest BCUT2D eigenvalue weighted by atomic mass is 19.3. The highest BCUT2D eigenvalue weighted by Gasteiger charge is 2.35. The summed E-state index contributed by atoms with van der Waals surface area (Å²) < 4.78 is 32.1. The van der Waals surface area contributed by atoms with E-state index in [0.29, 0.717) is 11.3 Å². The van der Waals surface area contributed by atoms with Gasteiger partial charge < -0.3 is 25.4 Å². The summed E-state index contributed by atoms with van der Waals surface area (Å²) in [5, 5.41) is 13.8. The highest BCUT2D eigenvalue weighted by Crippen LogP contribution is 2.34. The maximum atomic E-state index is 13.3. The first-order valence-electron chi connectivity index (χ1n) is 8.70. The third-order valence-corrected chi connectivity index (χ3v) is 4.59. The summed E-state index contributed by atoms with van der Waals surface area (Å²) in [4.78, 5) is 25.0. The number of alkyl halides is 2. The second-order valence-corrected chi connectivity index (χ2v) is 6.92. The Morgan fingerprint density at radius 3 is 2.86 bits per heavy atom. The number of carbonyl (C=O) groups is 2. The number of carboxylic acid groups (broad SMARTS) is 1. The predicted molar refractivity (Wildman–Crippen MR) is 97.3 cm³/mol. The van der Waals surface area contributed by atoms with Crippen LogP contribution in [0.3, 0.4) is 0 Å². The van der Waals surface area contributed by atoms with Gasteiger partial charge in [-0.15, -0.1) is 0 Å². The van der Waals surface area contributed by atoms with Gasteiger partial charge in [0.15, 0.2) is 0 Å². The molecule has 0 saturated carbocycles. The Bertz CT molecular complexity index is 837. The fourth-order valence-corrected chi connectivity index (χ4v) is 3.37. The quantitative estimate of drug-likeness (QED) is 0.644. The van der Waals surface area contributed by atoms with Gasteiger partial charge >= 0.3 is 6.09 Å². The number of ether oxygens (including phenoxy) is 1. The number of hydrogen-bond acceptors (Lipinski definition) is 4. The van der Waals surface area contributed by atoms with Gasteiger partial charge in [0.2, 0.25) is 5.92 Å². The fraction of sp³-hybridized carbons (Fsp3) is 0.368. The second kappa shape index (κ2) is 7.49. The Labute approximate surface area is 160 Å². The van der Waals surface area contributed by atoms with Gasteiger partial charge in [-0.1, -0.05) is 6.08 Å².